The van der Waals surface area contributed by atoms with Crippen molar-refractivity contribution in [2.75, 3.05) is 17.2 Å². The number of amides is 1. The molecule has 1 amide bonds. The molecule has 4 nitrogen and oxygen atoms in total. The van der Waals surface area contributed by atoms with Crippen LogP contribution in [-0.4, -0.2) is 12.5 Å². The molecule has 0 atom stereocenters. The Labute approximate surface area is 130 Å². The van der Waals surface area contributed by atoms with Gasteiger partial charge in [0.15, 0.2) is 0 Å². The van der Waals surface area contributed by atoms with E-state index < -0.39 is 0 Å². The fraction of sp³-hybridized carbons (Fsp3) is 0.222. The van der Waals surface area contributed by atoms with Crippen LogP contribution in [0, 0.1) is 25.2 Å². The molecule has 0 aliphatic rings. The molecular weight excluding hydrogens is 274 g/mol. The minimum atomic E-state index is -0.0237. The van der Waals surface area contributed by atoms with Crippen LogP contribution in [0.2, 0.25) is 0 Å². The van der Waals surface area contributed by atoms with Crippen LogP contribution in [0.1, 0.15) is 23.1 Å². The maximum atomic E-state index is 11.9. The van der Waals surface area contributed by atoms with Crippen LogP contribution in [0.4, 0.5) is 11.4 Å². The minimum absolute atomic E-state index is 0.0237. The maximum Gasteiger partial charge on any atom is 0.226 e. The van der Waals surface area contributed by atoms with E-state index >= 15 is 0 Å². The number of rotatable bonds is 5. The van der Waals surface area contributed by atoms with Gasteiger partial charge in [-0.05, 0) is 61.4 Å². The summed E-state index contributed by atoms with van der Waals surface area (Å²) < 4.78 is 0. The second kappa shape index (κ2) is 7.28. The number of hydrogen-bond acceptors (Lipinski definition) is 3. The van der Waals surface area contributed by atoms with E-state index in [9.17, 15) is 4.79 Å². The zero-order valence-corrected chi connectivity index (χ0v) is 12.8. The number of anilines is 2. The normalized spacial score (nSPS) is 9.86. The molecular formula is C18H19N3O. The first-order valence-electron chi connectivity index (χ1n) is 7.19. The minimum Gasteiger partial charge on any atom is -0.385 e. The Kier molecular flexibility index (Phi) is 5.16. The molecule has 0 heterocycles. The molecule has 2 aromatic carbocycles. The first kappa shape index (κ1) is 15.6. The molecule has 4 heteroatoms. The molecule has 0 saturated carbocycles. The lowest BCUT2D eigenvalue weighted by atomic mass is 10.1. The topological polar surface area (TPSA) is 64.9 Å². The Bertz CT molecular complexity index is 699. The Morgan fingerprint density at radius 1 is 1.05 bits per heavy atom. The molecule has 0 aromatic heterocycles. The predicted octanol–water partition coefficient (Wildman–Crippen LogP) is 3.62. The number of nitrogens with one attached hydrogen (secondary N) is 2. The number of nitrogens with zero attached hydrogens (tertiary/aromatic N) is 1. The van der Waals surface area contributed by atoms with E-state index in [1.807, 2.05) is 44.2 Å². The molecule has 0 aliphatic heterocycles. The van der Waals surface area contributed by atoms with Crippen LogP contribution in [0.5, 0.6) is 0 Å². The average molecular weight is 293 g/mol. The van der Waals surface area contributed by atoms with Crippen LogP contribution < -0.4 is 10.6 Å². The Morgan fingerprint density at radius 2 is 1.73 bits per heavy atom. The second-order valence-corrected chi connectivity index (χ2v) is 5.21. The smallest absolute Gasteiger partial charge is 0.226 e. The first-order chi connectivity index (χ1) is 10.6. The summed E-state index contributed by atoms with van der Waals surface area (Å²) in [6, 6.07) is 15.1. The number of hydrogen-bond donors (Lipinski definition) is 2. The van der Waals surface area contributed by atoms with Gasteiger partial charge in [-0.3, -0.25) is 4.79 Å². The zero-order valence-electron chi connectivity index (χ0n) is 12.8. The molecule has 0 saturated heterocycles. The van der Waals surface area contributed by atoms with Gasteiger partial charge in [0, 0.05) is 24.3 Å². The van der Waals surface area contributed by atoms with Gasteiger partial charge >= 0.3 is 0 Å². The lowest BCUT2D eigenvalue weighted by Crippen LogP contribution is -2.16. The van der Waals surface area contributed by atoms with Crippen molar-refractivity contribution in [2.24, 2.45) is 0 Å². The number of carbonyl (C=O) groups excluding carboxylic acids is 1. The summed E-state index contributed by atoms with van der Waals surface area (Å²) in [5.41, 5.74) is 4.72. The first-order valence-corrected chi connectivity index (χ1v) is 7.19. The Morgan fingerprint density at radius 3 is 2.36 bits per heavy atom. The summed E-state index contributed by atoms with van der Waals surface area (Å²) >= 11 is 0. The van der Waals surface area contributed by atoms with Gasteiger partial charge in [0.25, 0.3) is 0 Å². The molecule has 2 N–H and O–H groups in total. The number of benzene rings is 2. The van der Waals surface area contributed by atoms with E-state index in [0.717, 1.165) is 16.9 Å². The van der Waals surface area contributed by atoms with Gasteiger partial charge in [0.05, 0.1) is 11.6 Å². The second-order valence-electron chi connectivity index (χ2n) is 5.21. The molecule has 22 heavy (non-hydrogen) atoms. The fourth-order valence-corrected chi connectivity index (χ4v) is 2.03. The largest absolute Gasteiger partial charge is 0.385 e. The highest BCUT2D eigenvalue weighted by molar-refractivity contribution is 5.91. The molecule has 0 spiro atoms. The summed E-state index contributed by atoms with van der Waals surface area (Å²) in [7, 11) is 0. The van der Waals surface area contributed by atoms with Crippen LogP contribution in [0.15, 0.2) is 42.5 Å². The average Bonchev–Trinajstić information content (AvgIpc) is 2.51. The Hall–Kier alpha value is -2.80. The van der Waals surface area contributed by atoms with Crippen molar-refractivity contribution in [2.45, 2.75) is 20.3 Å². The number of aryl methyl sites for hydroxylation is 2. The number of carbonyl (C=O) groups is 1. The molecule has 0 aliphatic carbocycles. The highest BCUT2D eigenvalue weighted by Gasteiger charge is 2.03. The van der Waals surface area contributed by atoms with E-state index in [4.69, 9.17) is 5.26 Å². The molecule has 112 valence electrons. The molecule has 0 bridgehead atoms. The fourth-order valence-electron chi connectivity index (χ4n) is 2.03. The molecule has 0 fully saturated rings. The molecule has 2 aromatic rings. The molecule has 0 unspecified atom stereocenters. The van der Waals surface area contributed by atoms with Crippen molar-refractivity contribution < 1.29 is 4.79 Å². The third-order valence-electron chi connectivity index (χ3n) is 3.49. The lowest BCUT2D eigenvalue weighted by molar-refractivity contribution is -0.115. The van der Waals surface area contributed by atoms with E-state index in [2.05, 4.69) is 16.7 Å². The highest BCUT2D eigenvalue weighted by atomic mass is 16.1. The lowest BCUT2D eigenvalue weighted by Gasteiger charge is -2.09. The molecule has 0 radical (unpaired) electrons. The third kappa shape index (κ3) is 4.35. The van der Waals surface area contributed by atoms with Crippen molar-refractivity contribution in [1.29, 1.82) is 5.26 Å². The van der Waals surface area contributed by atoms with E-state index in [-0.39, 0.29) is 5.91 Å². The monoisotopic (exact) mass is 293 g/mol. The van der Waals surface area contributed by atoms with Crippen LogP contribution >= 0.6 is 0 Å². The van der Waals surface area contributed by atoms with Crippen molar-refractivity contribution in [3.63, 3.8) is 0 Å². The SMILES string of the molecule is Cc1ccc(NC(=O)CCNc2ccc(C#N)cc2)cc1C. The summed E-state index contributed by atoms with van der Waals surface area (Å²) in [4.78, 5) is 11.9. The van der Waals surface area contributed by atoms with E-state index in [0.29, 0.717) is 18.5 Å². The molecule has 2 rings (SSSR count). The van der Waals surface area contributed by atoms with Crippen molar-refractivity contribution in [1.82, 2.24) is 0 Å². The zero-order chi connectivity index (χ0) is 15.9. The quantitative estimate of drug-likeness (QED) is 0.885. The number of nitriles is 1. The van der Waals surface area contributed by atoms with E-state index in [1.165, 1.54) is 5.56 Å². The standard InChI is InChI=1S/C18H19N3O/c1-13-3-6-17(11-14(13)2)21-18(22)9-10-20-16-7-4-15(12-19)5-8-16/h3-8,11,20H,9-10H2,1-2H3,(H,21,22). The maximum absolute atomic E-state index is 11.9. The Balaban J connectivity index is 1.80. The van der Waals surface area contributed by atoms with Crippen molar-refractivity contribution in [3.05, 3.63) is 59.2 Å². The van der Waals surface area contributed by atoms with Gasteiger partial charge in [-0.1, -0.05) is 6.07 Å². The third-order valence-corrected chi connectivity index (χ3v) is 3.49. The van der Waals surface area contributed by atoms with Crippen LogP contribution in [0.25, 0.3) is 0 Å². The van der Waals surface area contributed by atoms with E-state index in [1.54, 1.807) is 12.1 Å². The summed E-state index contributed by atoms with van der Waals surface area (Å²) in [6.45, 7) is 4.61. The van der Waals surface area contributed by atoms with Gasteiger partial charge in [-0.2, -0.15) is 5.26 Å². The van der Waals surface area contributed by atoms with Crippen molar-refractivity contribution >= 4 is 17.3 Å². The van der Waals surface area contributed by atoms with Crippen LogP contribution in [0.3, 0.4) is 0 Å². The van der Waals surface area contributed by atoms with Gasteiger partial charge in [0.2, 0.25) is 5.91 Å². The summed E-state index contributed by atoms with van der Waals surface area (Å²) in [5.74, 6) is -0.0237. The van der Waals surface area contributed by atoms with Gasteiger partial charge in [-0.25, -0.2) is 0 Å². The van der Waals surface area contributed by atoms with Gasteiger partial charge in [-0.15, -0.1) is 0 Å². The van der Waals surface area contributed by atoms with Gasteiger partial charge in [0.1, 0.15) is 0 Å². The summed E-state index contributed by atoms with van der Waals surface area (Å²) in [5, 5.41) is 14.8. The van der Waals surface area contributed by atoms with Crippen LogP contribution in [-0.2, 0) is 4.79 Å². The predicted molar refractivity (Wildman–Crippen MR) is 88.8 cm³/mol. The highest BCUT2D eigenvalue weighted by Crippen LogP contribution is 2.14. The summed E-state index contributed by atoms with van der Waals surface area (Å²) in [6.07, 6.45) is 0.382. The van der Waals surface area contributed by atoms with Crippen molar-refractivity contribution in [3.8, 4) is 6.07 Å². The van der Waals surface area contributed by atoms with Gasteiger partial charge < -0.3 is 10.6 Å².